The number of thiophene rings is 1. The first kappa shape index (κ1) is 21.8. The van der Waals surface area contributed by atoms with Crippen molar-refractivity contribution in [2.24, 2.45) is 0 Å². The summed E-state index contributed by atoms with van der Waals surface area (Å²) >= 11 is 1.29. The van der Waals surface area contributed by atoms with Crippen LogP contribution in [0, 0.1) is 6.92 Å². The third-order valence-corrected chi connectivity index (χ3v) is 7.71. The minimum absolute atomic E-state index is 0.170. The molecule has 1 atom stereocenters. The van der Waals surface area contributed by atoms with Gasteiger partial charge in [-0.2, -0.15) is 0 Å². The molecule has 0 aliphatic rings. The van der Waals surface area contributed by atoms with Crippen molar-refractivity contribution in [2.75, 3.05) is 13.1 Å². The van der Waals surface area contributed by atoms with Crippen LogP contribution in [0.15, 0.2) is 69.5 Å². The van der Waals surface area contributed by atoms with Gasteiger partial charge in [0.1, 0.15) is 11.0 Å². The van der Waals surface area contributed by atoms with Crippen molar-refractivity contribution in [1.82, 2.24) is 10.6 Å². The second-order valence-electron chi connectivity index (χ2n) is 6.66. The quantitative estimate of drug-likeness (QED) is 0.518. The van der Waals surface area contributed by atoms with Crippen LogP contribution in [0.4, 0.5) is 0 Å². The van der Waals surface area contributed by atoms with E-state index in [0.29, 0.717) is 17.1 Å². The highest BCUT2D eigenvalue weighted by molar-refractivity contribution is 7.91. The summed E-state index contributed by atoms with van der Waals surface area (Å²) in [4.78, 5) is 25.0. The van der Waals surface area contributed by atoms with E-state index in [-0.39, 0.29) is 18.0 Å². The van der Waals surface area contributed by atoms with E-state index >= 15 is 0 Å². The predicted octanol–water partition coefficient (Wildman–Crippen LogP) is 2.64. The van der Waals surface area contributed by atoms with E-state index in [4.69, 9.17) is 4.42 Å². The number of rotatable bonds is 8. The van der Waals surface area contributed by atoms with Crippen LogP contribution in [-0.4, -0.2) is 33.3 Å². The number of sulfone groups is 1. The molecule has 0 saturated carbocycles. The Balaban J connectivity index is 1.65. The molecule has 3 rings (SSSR count). The molecule has 158 valence electrons. The maximum atomic E-state index is 13.2. The van der Waals surface area contributed by atoms with Gasteiger partial charge in [0.2, 0.25) is 0 Å². The molecular formula is C21H22N2O5S2. The first-order valence-electron chi connectivity index (χ1n) is 9.30. The van der Waals surface area contributed by atoms with Gasteiger partial charge in [-0.05, 0) is 42.6 Å². The van der Waals surface area contributed by atoms with Gasteiger partial charge in [0.05, 0.1) is 11.2 Å². The second kappa shape index (κ2) is 9.73. The Morgan fingerprint density at radius 1 is 1.03 bits per heavy atom. The summed E-state index contributed by atoms with van der Waals surface area (Å²) in [6.07, 6.45) is 1.98. The summed E-state index contributed by atoms with van der Waals surface area (Å²) in [6.45, 7) is 1.90. The van der Waals surface area contributed by atoms with Crippen LogP contribution in [0.5, 0.6) is 0 Å². The van der Waals surface area contributed by atoms with E-state index in [2.05, 4.69) is 10.6 Å². The van der Waals surface area contributed by atoms with Crippen molar-refractivity contribution in [3.05, 3.63) is 76.4 Å². The number of aryl methyl sites for hydroxylation is 1. The maximum absolute atomic E-state index is 13.2. The summed E-state index contributed by atoms with van der Waals surface area (Å²) in [5, 5.41) is 5.74. The Morgan fingerprint density at radius 3 is 2.40 bits per heavy atom. The highest BCUT2D eigenvalue weighted by Crippen LogP contribution is 2.31. The first-order valence-corrected chi connectivity index (χ1v) is 11.7. The van der Waals surface area contributed by atoms with Crippen LogP contribution in [0.1, 0.15) is 21.5 Å². The van der Waals surface area contributed by atoms with Crippen LogP contribution in [0.25, 0.3) is 0 Å². The Hall–Kier alpha value is -2.91. The third kappa shape index (κ3) is 5.37. The molecule has 3 aromatic rings. The molecule has 1 unspecified atom stereocenters. The molecule has 0 spiro atoms. The molecule has 0 radical (unpaired) electrons. The van der Waals surface area contributed by atoms with Gasteiger partial charge in [0.25, 0.3) is 0 Å². The average Bonchev–Trinajstić information content (AvgIpc) is 3.42. The van der Waals surface area contributed by atoms with Crippen molar-refractivity contribution >= 4 is 33.0 Å². The number of hydrogen-bond acceptors (Lipinski definition) is 6. The van der Waals surface area contributed by atoms with Crippen LogP contribution in [-0.2, 0) is 25.8 Å². The van der Waals surface area contributed by atoms with Crippen LogP contribution < -0.4 is 10.6 Å². The van der Waals surface area contributed by atoms with Gasteiger partial charge in [0, 0.05) is 24.4 Å². The maximum Gasteiger partial charge on any atom is 0.309 e. The second-order valence-corrected chi connectivity index (χ2v) is 9.77. The van der Waals surface area contributed by atoms with E-state index in [0.717, 1.165) is 5.56 Å². The number of benzene rings is 1. The summed E-state index contributed by atoms with van der Waals surface area (Å²) in [5.41, 5.74) is 0.946. The Morgan fingerprint density at radius 2 is 1.77 bits per heavy atom. The SMILES string of the molecule is Cc1ccc(S(=O)(=O)C(CNC(=O)C(=O)NCCc2ccco2)c2cccs2)cc1. The molecule has 0 saturated heterocycles. The molecule has 0 aliphatic heterocycles. The van der Waals surface area contributed by atoms with Crippen molar-refractivity contribution in [2.45, 2.75) is 23.5 Å². The minimum Gasteiger partial charge on any atom is -0.469 e. The lowest BCUT2D eigenvalue weighted by Gasteiger charge is -2.17. The highest BCUT2D eigenvalue weighted by Gasteiger charge is 2.31. The molecule has 1 aromatic carbocycles. The van der Waals surface area contributed by atoms with Gasteiger partial charge in [-0.3, -0.25) is 9.59 Å². The van der Waals surface area contributed by atoms with Crippen LogP contribution in [0.2, 0.25) is 0 Å². The fourth-order valence-electron chi connectivity index (χ4n) is 2.83. The van der Waals surface area contributed by atoms with Crippen molar-refractivity contribution in [3.63, 3.8) is 0 Å². The highest BCUT2D eigenvalue weighted by atomic mass is 32.2. The van der Waals surface area contributed by atoms with Crippen molar-refractivity contribution in [1.29, 1.82) is 0 Å². The topological polar surface area (TPSA) is 105 Å². The lowest BCUT2D eigenvalue weighted by atomic mass is 10.2. The number of furan rings is 1. The van der Waals surface area contributed by atoms with Gasteiger partial charge in [-0.1, -0.05) is 23.8 Å². The van der Waals surface area contributed by atoms with E-state index in [9.17, 15) is 18.0 Å². The molecule has 9 heteroatoms. The summed E-state index contributed by atoms with van der Waals surface area (Å²) in [7, 11) is -3.76. The predicted molar refractivity (Wildman–Crippen MR) is 114 cm³/mol. The average molecular weight is 447 g/mol. The summed E-state index contributed by atoms with van der Waals surface area (Å²) in [5.74, 6) is -1.01. The number of carbonyl (C=O) groups is 2. The molecule has 2 aromatic heterocycles. The summed E-state index contributed by atoms with van der Waals surface area (Å²) in [6, 6.07) is 13.5. The first-order chi connectivity index (χ1) is 14.4. The zero-order valence-corrected chi connectivity index (χ0v) is 18.0. The number of hydrogen-bond donors (Lipinski definition) is 2. The standard InChI is InChI=1S/C21H22N2O5S2/c1-15-6-8-17(9-7-15)30(26,27)19(18-5-3-13-29-18)14-23-21(25)20(24)22-11-10-16-4-2-12-28-16/h2-9,12-13,19H,10-11,14H2,1H3,(H,22,24)(H,23,25). The summed E-state index contributed by atoms with van der Waals surface area (Å²) < 4.78 is 31.5. The zero-order valence-electron chi connectivity index (χ0n) is 16.3. The molecule has 2 N–H and O–H groups in total. The number of nitrogens with one attached hydrogen (secondary N) is 2. The van der Waals surface area contributed by atoms with E-state index in [1.807, 2.05) is 6.92 Å². The smallest absolute Gasteiger partial charge is 0.309 e. The van der Waals surface area contributed by atoms with Crippen LogP contribution >= 0.6 is 11.3 Å². The largest absolute Gasteiger partial charge is 0.469 e. The van der Waals surface area contributed by atoms with Crippen molar-refractivity contribution in [3.8, 4) is 0 Å². The van der Waals surface area contributed by atoms with E-state index in [1.54, 1.807) is 53.9 Å². The zero-order chi connectivity index (χ0) is 21.6. The van der Waals surface area contributed by atoms with Gasteiger partial charge in [0.15, 0.2) is 9.84 Å². The Bertz CT molecular complexity index is 1070. The minimum atomic E-state index is -3.76. The molecule has 0 fully saturated rings. The van der Waals surface area contributed by atoms with Crippen LogP contribution in [0.3, 0.4) is 0 Å². The molecule has 0 bridgehead atoms. The lowest BCUT2D eigenvalue weighted by Crippen LogP contribution is -2.42. The Kier molecular flexibility index (Phi) is 7.07. The monoisotopic (exact) mass is 446 g/mol. The molecule has 2 amide bonds. The van der Waals surface area contributed by atoms with E-state index in [1.165, 1.54) is 17.6 Å². The van der Waals surface area contributed by atoms with Crippen molar-refractivity contribution < 1.29 is 22.4 Å². The van der Waals surface area contributed by atoms with Gasteiger partial charge < -0.3 is 15.1 Å². The fraction of sp³-hybridized carbons (Fsp3) is 0.238. The van der Waals surface area contributed by atoms with Gasteiger partial charge >= 0.3 is 11.8 Å². The molecule has 7 nitrogen and oxygen atoms in total. The normalized spacial score (nSPS) is 12.3. The van der Waals surface area contributed by atoms with Gasteiger partial charge in [-0.25, -0.2) is 8.42 Å². The molecule has 2 heterocycles. The molecular weight excluding hydrogens is 424 g/mol. The number of carbonyl (C=O) groups excluding carboxylic acids is 2. The third-order valence-electron chi connectivity index (χ3n) is 4.48. The Labute approximate surface area is 179 Å². The molecule has 30 heavy (non-hydrogen) atoms. The van der Waals surface area contributed by atoms with E-state index < -0.39 is 26.9 Å². The number of amides is 2. The lowest BCUT2D eigenvalue weighted by molar-refractivity contribution is -0.139. The molecule has 0 aliphatic carbocycles. The van der Waals surface area contributed by atoms with Gasteiger partial charge in [-0.15, -0.1) is 11.3 Å². The fourth-order valence-corrected chi connectivity index (χ4v) is 5.61.